The molecule has 0 spiro atoms. The quantitative estimate of drug-likeness (QED) is 0.715. The van der Waals surface area contributed by atoms with Crippen LogP contribution in [0.5, 0.6) is 0 Å². The molecule has 1 aromatic rings. The molecule has 0 aliphatic carbocycles. The Labute approximate surface area is 82.6 Å². The molecule has 1 N–H and O–H groups in total. The fraction of sp³-hybridized carbons (Fsp3) is 0.400. The Morgan fingerprint density at radius 1 is 1.79 bits per heavy atom. The van der Waals surface area contributed by atoms with E-state index in [0.29, 0.717) is 13.0 Å². The predicted molar refractivity (Wildman–Crippen MR) is 54.0 cm³/mol. The normalized spacial score (nSPS) is 21.6. The number of aromatic nitrogens is 2. The zero-order chi connectivity index (χ0) is 10.1. The van der Waals surface area contributed by atoms with E-state index >= 15 is 0 Å². The Balaban J connectivity index is 2.20. The number of aromatic amines is 1. The van der Waals surface area contributed by atoms with Gasteiger partial charge in [0, 0.05) is 30.6 Å². The van der Waals surface area contributed by atoms with Crippen molar-refractivity contribution in [3.63, 3.8) is 0 Å². The van der Waals surface area contributed by atoms with Gasteiger partial charge in [0.15, 0.2) is 5.82 Å². The highest BCUT2D eigenvalue weighted by molar-refractivity contribution is 5.95. The van der Waals surface area contributed by atoms with E-state index < -0.39 is 0 Å². The number of hydrogen-bond acceptors (Lipinski definition) is 2. The lowest BCUT2D eigenvalue weighted by atomic mass is 10.1. The van der Waals surface area contributed by atoms with Gasteiger partial charge in [-0.3, -0.25) is 14.8 Å². The number of rotatable bonds is 2. The highest BCUT2D eigenvalue weighted by Gasteiger charge is 2.29. The number of aryl methyl sites for hydroxylation is 1. The molecule has 2 heterocycles. The van der Waals surface area contributed by atoms with Crippen molar-refractivity contribution in [1.29, 1.82) is 0 Å². The summed E-state index contributed by atoms with van der Waals surface area (Å²) in [5.74, 6) is 1.11. The van der Waals surface area contributed by atoms with Crippen LogP contribution in [0.1, 0.15) is 12.1 Å². The summed E-state index contributed by atoms with van der Waals surface area (Å²) in [4.78, 5) is 13.3. The van der Waals surface area contributed by atoms with Crippen LogP contribution in [-0.2, 0) is 4.79 Å². The maximum Gasteiger partial charge on any atom is 0.228 e. The minimum atomic E-state index is 0.126. The lowest BCUT2D eigenvalue weighted by Crippen LogP contribution is -2.24. The van der Waals surface area contributed by atoms with Gasteiger partial charge in [0.2, 0.25) is 5.91 Å². The minimum absolute atomic E-state index is 0.126. The molecule has 1 aliphatic rings. The highest BCUT2D eigenvalue weighted by atomic mass is 16.2. The molecule has 1 atom stereocenters. The Morgan fingerprint density at radius 2 is 2.57 bits per heavy atom. The lowest BCUT2D eigenvalue weighted by molar-refractivity contribution is -0.117. The third kappa shape index (κ3) is 1.43. The number of amides is 1. The average Bonchev–Trinajstić information content (AvgIpc) is 2.71. The lowest BCUT2D eigenvalue weighted by Gasteiger charge is -2.11. The number of carbonyl (C=O) groups excluding carboxylic acids is 1. The molecule has 1 saturated heterocycles. The first kappa shape index (κ1) is 8.99. The Bertz CT molecular complexity index is 369. The first-order valence-corrected chi connectivity index (χ1v) is 4.65. The molecule has 74 valence electrons. The largest absolute Gasteiger partial charge is 0.295 e. The van der Waals surface area contributed by atoms with Crippen molar-refractivity contribution in [2.75, 3.05) is 11.4 Å². The summed E-state index contributed by atoms with van der Waals surface area (Å²) in [5, 5.41) is 6.89. The number of anilines is 1. The van der Waals surface area contributed by atoms with Crippen molar-refractivity contribution in [1.82, 2.24) is 10.2 Å². The SMILES string of the molecule is C=CC1CC(=O)N(c2cc(C)[nH]n2)C1. The van der Waals surface area contributed by atoms with Crippen molar-refractivity contribution >= 4 is 11.7 Å². The topological polar surface area (TPSA) is 49.0 Å². The van der Waals surface area contributed by atoms with Gasteiger partial charge in [0.05, 0.1) is 0 Å². The fourth-order valence-corrected chi connectivity index (χ4v) is 1.66. The molecule has 14 heavy (non-hydrogen) atoms. The second-order valence-electron chi connectivity index (χ2n) is 3.61. The standard InChI is InChI=1S/C10H13N3O/c1-3-8-5-10(14)13(6-8)9-4-7(2)11-12-9/h3-4,8H,1,5-6H2,2H3,(H,11,12). The smallest absolute Gasteiger partial charge is 0.228 e. The molecule has 0 radical (unpaired) electrons. The molecule has 2 rings (SSSR count). The number of nitrogens with zero attached hydrogens (tertiary/aromatic N) is 2. The van der Waals surface area contributed by atoms with Gasteiger partial charge in [-0.2, -0.15) is 5.10 Å². The van der Waals surface area contributed by atoms with Gasteiger partial charge < -0.3 is 0 Å². The Kier molecular flexibility index (Phi) is 2.11. The molecule has 1 aromatic heterocycles. The van der Waals surface area contributed by atoms with Crippen molar-refractivity contribution in [2.24, 2.45) is 5.92 Å². The number of H-pyrrole nitrogens is 1. The van der Waals surface area contributed by atoms with Gasteiger partial charge in [-0.15, -0.1) is 6.58 Å². The zero-order valence-corrected chi connectivity index (χ0v) is 8.16. The number of hydrogen-bond donors (Lipinski definition) is 1. The second kappa shape index (κ2) is 3.29. The van der Waals surface area contributed by atoms with Crippen LogP contribution in [-0.4, -0.2) is 22.6 Å². The van der Waals surface area contributed by atoms with E-state index in [1.165, 1.54) is 0 Å². The third-order valence-corrected chi connectivity index (χ3v) is 2.46. The van der Waals surface area contributed by atoms with E-state index in [9.17, 15) is 4.79 Å². The van der Waals surface area contributed by atoms with Crippen LogP contribution in [0.25, 0.3) is 0 Å². The van der Waals surface area contributed by atoms with E-state index in [0.717, 1.165) is 11.5 Å². The molecule has 0 bridgehead atoms. The van der Waals surface area contributed by atoms with Crippen molar-refractivity contribution in [2.45, 2.75) is 13.3 Å². The highest BCUT2D eigenvalue weighted by Crippen LogP contribution is 2.23. The summed E-state index contributed by atoms with van der Waals surface area (Å²) in [6.07, 6.45) is 2.38. The Morgan fingerprint density at radius 3 is 3.07 bits per heavy atom. The van der Waals surface area contributed by atoms with Crippen LogP contribution >= 0.6 is 0 Å². The van der Waals surface area contributed by atoms with Crippen molar-refractivity contribution in [3.05, 3.63) is 24.4 Å². The zero-order valence-electron chi connectivity index (χ0n) is 8.16. The summed E-state index contributed by atoms with van der Waals surface area (Å²) in [6, 6.07) is 1.88. The molecule has 0 saturated carbocycles. The Hall–Kier alpha value is -1.58. The first-order chi connectivity index (χ1) is 6.70. The van der Waals surface area contributed by atoms with Crippen molar-refractivity contribution in [3.8, 4) is 0 Å². The van der Waals surface area contributed by atoms with E-state index in [-0.39, 0.29) is 11.8 Å². The van der Waals surface area contributed by atoms with E-state index in [1.807, 2.05) is 19.1 Å². The molecule has 1 fully saturated rings. The van der Waals surface area contributed by atoms with Gasteiger partial charge in [-0.05, 0) is 6.92 Å². The molecule has 4 nitrogen and oxygen atoms in total. The van der Waals surface area contributed by atoms with Gasteiger partial charge in [-0.1, -0.05) is 6.08 Å². The first-order valence-electron chi connectivity index (χ1n) is 4.65. The maximum atomic E-state index is 11.6. The molecular formula is C10H13N3O. The number of carbonyl (C=O) groups is 1. The summed E-state index contributed by atoms with van der Waals surface area (Å²) < 4.78 is 0. The summed E-state index contributed by atoms with van der Waals surface area (Å²) in [5.41, 5.74) is 0.967. The average molecular weight is 191 g/mol. The van der Waals surface area contributed by atoms with Crippen LogP contribution in [0.4, 0.5) is 5.82 Å². The molecule has 0 aromatic carbocycles. The second-order valence-corrected chi connectivity index (χ2v) is 3.61. The van der Waals surface area contributed by atoms with E-state index in [2.05, 4.69) is 16.8 Å². The van der Waals surface area contributed by atoms with Crippen molar-refractivity contribution < 1.29 is 4.79 Å². The molecular weight excluding hydrogens is 178 g/mol. The predicted octanol–water partition coefficient (Wildman–Crippen LogP) is 1.26. The van der Waals surface area contributed by atoms with E-state index in [4.69, 9.17) is 0 Å². The van der Waals surface area contributed by atoms with Crippen LogP contribution in [0.2, 0.25) is 0 Å². The van der Waals surface area contributed by atoms with E-state index in [1.54, 1.807) is 4.90 Å². The fourth-order valence-electron chi connectivity index (χ4n) is 1.66. The minimum Gasteiger partial charge on any atom is -0.295 e. The van der Waals surface area contributed by atoms with Crippen LogP contribution in [0.15, 0.2) is 18.7 Å². The number of nitrogens with one attached hydrogen (secondary N) is 1. The third-order valence-electron chi connectivity index (χ3n) is 2.46. The summed E-state index contributed by atoms with van der Waals surface area (Å²) >= 11 is 0. The van der Waals surface area contributed by atoms with Crippen LogP contribution in [0, 0.1) is 12.8 Å². The summed E-state index contributed by atoms with van der Waals surface area (Å²) in [7, 11) is 0. The molecule has 1 unspecified atom stereocenters. The van der Waals surface area contributed by atoms with Gasteiger partial charge in [-0.25, -0.2) is 0 Å². The van der Waals surface area contributed by atoms with Crippen LogP contribution < -0.4 is 4.90 Å². The monoisotopic (exact) mass is 191 g/mol. The van der Waals surface area contributed by atoms with Gasteiger partial charge >= 0.3 is 0 Å². The molecule has 1 aliphatic heterocycles. The molecule has 4 heteroatoms. The summed E-state index contributed by atoms with van der Waals surface area (Å²) in [6.45, 7) is 6.32. The maximum absolute atomic E-state index is 11.6. The van der Waals surface area contributed by atoms with Crippen LogP contribution in [0.3, 0.4) is 0 Å². The molecule has 1 amide bonds. The van der Waals surface area contributed by atoms with Gasteiger partial charge in [0.25, 0.3) is 0 Å². The van der Waals surface area contributed by atoms with Gasteiger partial charge in [0.1, 0.15) is 0 Å².